The Morgan fingerprint density at radius 2 is 1.54 bits per heavy atom. The molecular formula is C39H46N5O8PS. The Hall–Kier alpha value is -5.30. The number of methoxy groups -OCH3 is 2. The summed E-state index contributed by atoms with van der Waals surface area (Å²) in [5, 5.41) is 11.0. The van der Waals surface area contributed by atoms with Crippen LogP contribution < -0.4 is 40.2 Å². The number of pyridine rings is 1. The van der Waals surface area contributed by atoms with E-state index in [1.165, 1.54) is 14.2 Å². The number of sulfonamides is 1. The fraction of sp³-hybridized carbons (Fsp3) is 0.282. The zero-order valence-electron chi connectivity index (χ0n) is 31.6. The summed E-state index contributed by atoms with van der Waals surface area (Å²) >= 11 is 0. The summed E-state index contributed by atoms with van der Waals surface area (Å²) in [4.78, 5) is 17.9. The molecule has 286 valence electrons. The van der Waals surface area contributed by atoms with Gasteiger partial charge in [0.2, 0.25) is 17.4 Å². The van der Waals surface area contributed by atoms with Crippen LogP contribution in [0, 0.1) is 0 Å². The molecule has 0 spiro atoms. The van der Waals surface area contributed by atoms with Gasteiger partial charge in [-0.2, -0.15) is 0 Å². The molecule has 0 saturated heterocycles. The Kier molecular flexibility index (Phi) is 12.1. The summed E-state index contributed by atoms with van der Waals surface area (Å²) in [5.74, 6) is 2.18. The number of nitrogens with one attached hydrogen (secondary N) is 4. The molecule has 0 saturated carbocycles. The molecule has 5 rings (SSSR count). The van der Waals surface area contributed by atoms with Crippen molar-refractivity contribution in [3.05, 3.63) is 90.6 Å². The van der Waals surface area contributed by atoms with Crippen LogP contribution in [0.15, 0.2) is 85.1 Å². The van der Waals surface area contributed by atoms with Crippen LogP contribution in [0.1, 0.15) is 40.2 Å². The molecule has 15 heteroatoms. The molecule has 4 N–H and O–H groups in total. The number of benzene rings is 4. The first-order chi connectivity index (χ1) is 25.6. The first-order valence-electron chi connectivity index (χ1n) is 17.2. The zero-order chi connectivity index (χ0) is 39.3. The quantitative estimate of drug-likeness (QED) is 0.0800. The number of carbonyl (C=O) groups excluding carboxylic acids is 1. The standard InChI is InChI=1S/C39H46N5O8PS/c1-9-51-53(46,10-2)35-18-15-26(23-34(35)49-6)41-36-24-27(19-20-40-36)52-33-17-16-30(28-13-11-12-14-29(28)33)42-38(45)43-31-21-25(39(3,4)5)22-32(37(31)50-7)44-54(8,47)48/h11-24,44H,9-10H2,1-8H3,(H,40,41)(H2,42,43,45). The SMILES string of the molecule is CCOP(=O)(CC)c1ccc(Nc2cc(Oc3ccc(NC(=O)Nc4cc(C(C)(C)C)cc(NS(C)(=O)=O)c4OC)c4ccccc34)ccn2)cc1OC. The lowest BCUT2D eigenvalue weighted by Gasteiger charge is -2.24. The van der Waals surface area contributed by atoms with Gasteiger partial charge in [0.25, 0.3) is 0 Å². The minimum atomic E-state index is -3.64. The van der Waals surface area contributed by atoms with E-state index in [0.717, 1.165) is 22.6 Å². The number of hydrogen-bond donors (Lipinski definition) is 4. The largest absolute Gasteiger partial charge is 0.496 e. The molecule has 0 aliphatic rings. The van der Waals surface area contributed by atoms with Crippen LogP contribution in [0.5, 0.6) is 23.0 Å². The lowest BCUT2D eigenvalue weighted by molar-refractivity contribution is 0.262. The predicted octanol–water partition coefficient (Wildman–Crippen LogP) is 9.06. The van der Waals surface area contributed by atoms with Gasteiger partial charge in [0.15, 0.2) is 5.75 Å². The van der Waals surface area contributed by atoms with Crippen molar-refractivity contribution in [2.24, 2.45) is 0 Å². The number of anilines is 5. The first-order valence-corrected chi connectivity index (χ1v) is 20.9. The smallest absolute Gasteiger partial charge is 0.323 e. The lowest BCUT2D eigenvalue weighted by Crippen LogP contribution is -2.22. The number of ether oxygens (including phenoxy) is 3. The Morgan fingerprint density at radius 1 is 0.833 bits per heavy atom. The Balaban J connectivity index is 1.38. The zero-order valence-corrected chi connectivity index (χ0v) is 33.3. The monoisotopic (exact) mass is 775 g/mol. The van der Waals surface area contributed by atoms with E-state index in [2.05, 4.69) is 25.7 Å². The van der Waals surface area contributed by atoms with Crippen LogP contribution in [-0.4, -0.2) is 52.7 Å². The third kappa shape index (κ3) is 9.43. The fourth-order valence-corrected chi connectivity index (χ4v) is 8.21. The summed E-state index contributed by atoms with van der Waals surface area (Å²) in [6.07, 6.45) is 3.01. The summed E-state index contributed by atoms with van der Waals surface area (Å²) in [6.45, 7) is 9.91. The number of carbonyl (C=O) groups is 1. The molecular weight excluding hydrogens is 729 g/mol. The lowest BCUT2D eigenvalue weighted by atomic mass is 9.86. The second-order valence-electron chi connectivity index (χ2n) is 13.4. The molecule has 1 aromatic heterocycles. The molecule has 1 heterocycles. The fourth-order valence-electron chi connectivity index (χ4n) is 5.79. The molecule has 2 amide bonds. The highest BCUT2D eigenvalue weighted by Gasteiger charge is 2.27. The number of nitrogens with zero attached hydrogens (tertiary/aromatic N) is 1. The number of hydrogen-bond acceptors (Lipinski definition) is 10. The van der Waals surface area contributed by atoms with Crippen LogP contribution in [0.25, 0.3) is 10.8 Å². The van der Waals surface area contributed by atoms with Gasteiger partial charge in [-0.3, -0.25) is 9.29 Å². The van der Waals surface area contributed by atoms with Crippen molar-refractivity contribution in [1.82, 2.24) is 4.98 Å². The Labute approximate surface area is 316 Å². The van der Waals surface area contributed by atoms with Crippen molar-refractivity contribution in [2.45, 2.75) is 40.0 Å². The van der Waals surface area contributed by atoms with Gasteiger partial charge < -0.3 is 34.7 Å². The average Bonchev–Trinajstić information content (AvgIpc) is 3.11. The van der Waals surface area contributed by atoms with Gasteiger partial charge in [-0.05, 0) is 60.4 Å². The van der Waals surface area contributed by atoms with Crippen LogP contribution >= 0.6 is 7.37 Å². The molecule has 0 radical (unpaired) electrons. The van der Waals surface area contributed by atoms with Crippen molar-refractivity contribution in [2.75, 3.05) is 53.9 Å². The molecule has 0 aliphatic carbocycles. The minimum Gasteiger partial charge on any atom is -0.496 e. The maximum absolute atomic E-state index is 13.5. The summed E-state index contributed by atoms with van der Waals surface area (Å²) in [5.41, 5.74) is 2.11. The number of urea groups is 1. The molecule has 54 heavy (non-hydrogen) atoms. The average molecular weight is 776 g/mol. The molecule has 0 bridgehead atoms. The van der Waals surface area contributed by atoms with E-state index < -0.39 is 23.4 Å². The Morgan fingerprint density at radius 3 is 2.19 bits per heavy atom. The highest BCUT2D eigenvalue weighted by atomic mass is 32.2. The first kappa shape index (κ1) is 39.9. The van der Waals surface area contributed by atoms with Gasteiger partial charge >= 0.3 is 6.03 Å². The van der Waals surface area contributed by atoms with Gasteiger partial charge in [0.1, 0.15) is 23.1 Å². The van der Waals surface area contributed by atoms with Crippen molar-refractivity contribution in [3.63, 3.8) is 0 Å². The number of aromatic nitrogens is 1. The molecule has 1 unspecified atom stereocenters. The van der Waals surface area contributed by atoms with E-state index in [4.69, 9.17) is 18.7 Å². The van der Waals surface area contributed by atoms with Crippen LogP contribution in [0.4, 0.5) is 33.4 Å². The van der Waals surface area contributed by atoms with Crippen molar-refractivity contribution >= 4 is 68.1 Å². The van der Waals surface area contributed by atoms with Crippen LogP contribution in [0.2, 0.25) is 0 Å². The van der Waals surface area contributed by atoms with Gasteiger partial charge in [-0.25, -0.2) is 18.2 Å². The maximum atomic E-state index is 13.5. The van der Waals surface area contributed by atoms with Gasteiger partial charge in [-0.1, -0.05) is 52.0 Å². The second-order valence-corrected chi connectivity index (χ2v) is 17.8. The van der Waals surface area contributed by atoms with Crippen molar-refractivity contribution in [3.8, 4) is 23.0 Å². The topological polar surface area (TPSA) is 166 Å². The van der Waals surface area contributed by atoms with Gasteiger partial charge in [-0.15, -0.1) is 0 Å². The number of fused-ring (bicyclic) bond motifs is 1. The second kappa shape index (κ2) is 16.4. The predicted molar refractivity (Wildman–Crippen MR) is 217 cm³/mol. The summed E-state index contributed by atoms with van der Waals surface area (Å²) in [6, 6.07) is 22.7. The van der Waals surface area contributed by atoms with E-state index in [1.807, 2.05) is 58.9 Å². The summed E-state index contributed by atoms with van der Waals surface area (Å²) < 4.78 is 63.3. The van der Waals surface area contributed by atoms with Gasteiger partial charge in [0, 0.05) is 41.0 Å². The normalized spacial score (nSPS) is 12.7. The van der Waals surface area contributed by atoms with E-state index in [1.54, 1.807) is 60.8 Å². The van der Waals surface area contributed by atoms with E-state index in [0.29, 0.717) is 58.2 Å². The highest BCUT2D eigenvalue weighted by molar-refractivity contribution is 7.92. The molecule has 5 aromatic rings. The van der Waals surface area contributed by atoms with E-state index in [9.17, 15) is 17.8 Å². The number of amides is 2. The van der Waals surface area contributed by atoms with E-state index >= 15 is 0 Å². The van der Waals surface area contributed by atoms with E-state index in [-0.39, 0.29) is 16.9 Å². The van der Waals surface area contributed by atoms with Gasteiger partial charge in [0.05, 0.1) is 49.4 Å². The Bertz CT molecular complexity index is 2330. The molecule has 0 aliphatic heterocycles. The molecule has 4 aromatic carbocycles. The third-order valence-corrected chi connectivity index (χ3v) is 11.6. The third-order valence-electron chi connectivity index (χ3n) is 8.37. The summed E-state index contributed by atoms with van der Waals surface area (Å²) in [7, 11) is -3.77. The molecule has 1 atom stereocenters. The van der Waals surface area contributed by atoms with Crippen LogP contribution in [0.3, 0.4) is 0 Å². The van der Waals surface area contributed by atoms with Crippen LogP contribution in [-0.2, 0) is 24.5 Å². The van der Waals surface area contributed by atoms with Crippen molar-refractivity contribution in [1.29, 1.82) is 0 Å². The number of rotatable bonds is 14. The molecule has 0 fully saturated rings. The minimum absolute atomic E-state index is 0.170. The highest BCUT2D eigenvalue weighted by Crippen LogP contribution is 2.48. The van der Waals surface area contributed by atoms with Crippen molar-refractivity contribution < 1.29 is 36.5 Å². The molecule has 13 nitrogen and oxygen atoms in total. The maximum Gasteiger partial charge on any atom is 0.323 e.